The van der Waals surface area contributed by atoms with E-state index in [0.29, 0.717) is 33.3 Å². The molecule has 0 radical (unpaired) electrons. The van der Waals surface area contributed by atoms with Crippen LogP contribution in [0, 0.1) is 6.92 Å². The molecular formula is C18H13ClN4O2. The SMILES string of the molecule is Cc1onc(-c2ccccc2Cl)c1C(=O)Nc1ccc2[nH]ncc2c1. The Balaban J connectivity index is 1.71. The van der Waals surface area contributed by atoms with E-state index in [0.717, 1.165) is 10.9 Å². The van der Waals surface area contributed by atoms with Crippen LogP contribution in [-0.2, 0) is 0 Å². The number of nitrogens with one attached hydrogen (secondary N) is 2. The van der Waals surface area contributed by atoms with E-state index in [1.54, 1.807) is 31.3 Å². The van der Waals surface area contributed by atoms with Gasteiger partial charge in [0.15, 0.2) is 0 Å². The van der Waals surface area contributed by atoms with Gasteiger partial charge in [-0.2, -0.15) is 5.10 Å². The average molecular weight is 353 g/mol. The van der Waals surface area contributed by atoms with E-state index >= 15 is 0 Å². The minimum atomic E-state index is -0.309. The highest BCUT2D eigenvalue weighted by atomic mass is 35.5. The van der Waals surface area contributed by atoms with Gasteiger partial charge < -0.3 is 9.84 Å². The number of aryl methyl sites for hydroxylation is 1. The molecule has 0 aliphatic heterocycles. The quantitative estimate of drug-likeness (QED) is 0.571. The fraction of sp³-hybridized carbons (Fsp3) is 0.0556. The van der Waals surface area contributed by atoms with Gasteiger partial charge in [0.25, 0.3) is 5.91 Å². The second kappa shape index (κ2) is 6.07. The van der Waals surface area contributed by atoms with Crippen molar-refractivity contribution in [2.75, 3.05) is 5.32 Å². The predicted octanol–water partition coefficient (Wildman–Crippen LogP) is 4.43. The molecule has 0 saturated carbocycles. The lowest BCUT2D eigenvalue weighted by Gasteiger charge is -2.07. The molecule has 7 heteroatoms. The lowest BCUT2D eigenvalue weighted by molar-refractivity contribution is 0.102. The summed E-state index contributed by atoms with van der Waals surface area (Å²) in [5.41, 5.74) is 2.99. The third-order valence-corrected chi connectivity index (χ3v) is 4.25. The van der Waals surface area contributed by atoms with Crippen molar-refractivity contribution in [3.05, 3.63) is 65.0 Å². The van der Waals surface area contributed by atoms with Gasteiger partial charge in [0.1, 0.15) is 17.0 Å². The first kappa shape index (κ1) is 15.4. The second-order valence-electron chi connectivity index (χ2n) is 5.57. The molecule has 2 N–H and O–H groups in total. The van der Waals surface area contributed by atoms with Gasteiger partial charge in [0, 0.05) is 16.6 Å². The van der Waals surface area contributed by atoms with Crippen LogP contribution < -0.4 is 5.32 Å². The van der Waals surface area contributed by atoms with Crippen LogP contribution in [0.2, 0.25) is 5.02 Å². The average Bonchev–Trinajstić information content (AvgIpc) is 3.21. The molecule has 0 unspecified atom stereocenters. The van der Waals surface area contributed by atoms with Gasteiger partial charge in [-0.15, -0.1) is 0 Å². The predicted molar refractivity (Wildman–Crippen MR) is 95.7 cm³/mol. The summed E-state index contributed by atoms with van der Waals surface area (Å²) in [4.78, 5) is 12.8. The van der Waals surface area contributed by atoms with Gasteiger partial charge in [-0.25, -0.2) is 0 Å². The molecule has 0 fully saturated rings. The number of carbonyl (C=O) groups excluding carboxylic acids is 1. The number of carbonyl (C=O) groups is 1. The summed E-state index contributed by atoms with van der Waals surface area (Å²) in [5, 5.41) is 15.1. The molecule has 2 aromatic carbocycles. The number of amides is 1. The van der Waals surface area contributed by atoms with Crippen LogP contribution in [0.4, 0.5) is 5.69 Å². The molecule has 0 saturated heterocycles. The fourth-order valence-corrected chi connectivity index (χ4v) is 2.92. The minimum Gasteiger partial charge on any atom is -0.360 e. The zero-order valence-electron chi connectivity index (χ0n) is 13.2. The molecule has 0 aliphatic carbocycles. The lowest BCUT2D eigenvalue weighted by Crippen LogP contribution is -2.13. The van der Waals surface area contributed by atoms with E-state index in [-0.39, 0.29) is 5.91 Å². The fourth-order valence-electron chi connectivity index (χ4n) is 2.69. The van der Waals surface area contributed by atoms with Crippen LogP contribution in [-0.4, -0.2) is 21.3 Å². The van der Waals surface area contributed by atoms with Crippen molar-refractivity contribution in [1.82, 2.24) is 15.4 Å². The Morgan fingerprint density at radius 3 is 2.92 bits per heavy atom. The summed E-state index contributed by atoms with van der Waals surface area (Å²) in [5.74, 6) is 0.119. The van der Waals surface area contributed by atoms with Crippen molar-refractivity contribution >= 4 is 34.1 Å². The van der Waals surface area contributed by atoms with Crippen LogP contribution in [0.25, 0.3) is 22.2 Å². The maximum atomic E-state index is 12.8. The number of aromatic amines is 1. The number of halogens is 1. The topological polar surface area (TPSA) is 83.8 Å². The molecule has 2 heterocycles. The van der Waals surface area contributed by atoms with Crippen molar-refractivity contribution in [1.29, 1.82) is 0 Å². The molecule has 4 aromatic rings. The summed E-state index contributed by atoms with van der Waals surface area (Å²) in [6.07, 6.45) is 1.70. The molecule has 124 valence electrons. The Kier molecular flexibility index (Phi) is 3.74. The Bertz CT molecular complexity index is 1080. The van der Waals surface area contributed by atoms with Crippen molar-refractivity contribution in [3.63, 3.8) is 0 Å². The largest absolute Gasteiger partial charge is 0.360 e. The number of fused-ring (bicyclic) bond motifs is 1. The van der Waals surface area contributed by atoms with Gasteiger partial charge in [-0.3, -0.25) is 9.89 Å². The molecule has 4 rings (SSSR count). The summed E-state index contributed by atoms with van der Waals surface area (Å²) in [7, 11) is 0. The van der Waals surface area contributed by atoms with Gasteiger partial charge in [-0.1, -0.05) is 35.0 Å². The van der Waals surface area contributed by atoms with Gasteiger partial charge in [-0.05, 0) is 31.2 Å². The first-order valence-corrected chi connectivity index (χ1v) is 7.97. The molecule has 0 aliphatic rings. The van der Waals surface area contributed by atoms with E-state index in [1.807, 2.05) is 24.3 Å². The summed E-state index contributed by atoms with van der Waals surface area (Å²) < 4.78 is 5.24. The maximum absolute atomic E-state index is 12.8. The molecule has 2 aromatic heterocycles. The number of hydrogen-bond donors (Lipinski definition) is 2. The molecule has 1 amide bonds. The number of aromatic nitrogens is 3. The van der Waals surface area contributed by atoms with Gasteiger partial charge in [0.05, 0.1) is 16.7 Å². The van der Waals surface area contributed by atoms with Crippen LogP contribution in [0.15, 0.2) is 53.2 Å². The maximum Gasteiger partial charge on any atom is 0.261 e. The summed E-state index contributed by atoms with van der Waals surface area (Å²) in [6.45, 7) is 1.70. The molecule has 0 bridgehead atoms. The summed E-state index contributed by atoms with van der Waals surface area (Å²) >= 11 is 6.23. The molecular weight excluding hydrogens is 340 g/mol. The number of H-pyrrole nitrogens is 1. The van der Waals surface area contributed by atoms with E-state index in [1.165, 1.54) is 0 Å². The standard InChI is InChI=1S/C18H13ClN4O2/c1-10-16(17(23-25-10)13-4-2-3-5-14(13)19)18(24)21-12-6-7-15-11(8-12)9-20-22-15/h2-9H,1H3,(H,20,22)(H,21,24). The van der Waals surface area contributed by atoms with Crippen LogP contribution >= 0.6 is 11.6 Å². The lowest BCUT2D eigenvalue weighted by atomic mass is 10.1. The number of rotatable bonds is 3. The monoisotopic (exact) mass is 352 g/mol. The highest BCUT2D eigenvalue weighted by Gasteiger charge is 2.23. The third kappa shape index (κ3) is 2.77. The Morgan fingerprint density at radius 1 is 1.24 bits per heavy atom. The summed E-state index contributed by atoms with van der Waals surface area (Å²) in [6, 6.07) is 12.7. The van der Waals surface area contributed by atoms with Crippen LogP contribution in [0.3, 0.4) is 0 Å². The minimum absolute atomic E-state index is 0.309. The first-order valence-electron chi connectivity index (χ1n) is 7.59. The van der Waals surface area contributed by atoms with Gasteiger partial charge >= 0.3 is 0 Å². The second-order valence-corrected chi connectivity index (χ2v) is 5.98. The molecule has 0 spiro atoms. The number of nitrogens with zero attached hydrogens (tertiary/aromatic N) is 2. The Labute approximate surface area is 147 Å². The molecule has 0 atom stereocenters. The molecule has 6 nitrogen and oxygen atoms in total. The highest BCUT2D eigenvalue weighted by Crippen LogP contribution is 2.31. The van der Waals surface area contributed by atoms with Crippen LogP contribution in [0.5, 0.6) is 0 Å². The number of benzene rings is 2. The normalized spacial score (nSPS) is 11.0. The van der Waals surface area contributed by atoms with Crippen molar-refractivity contribution in [2.24, 2.45) is 0 Å². The van der Waals surface area contributed by atoms with E-state index in [9.17, 15) is 4.79 Å². The molecule has 25 heavy (non-hydrogen) atoms. The zero-order chi connectivity index (χ0) is 17.4. The Hall–Kier alpha value is -3.12. The smallest absolute Gasteiger partial charge is 0.261 e. The third-order valence-electron chi connectivity index (χ3n) is 3.92. The number of hydrogen-bond acceptors (Lipinski definition) is 4. The van der Waals surface area contributed by atoms with E-state index < -0.39 is 0 Å². The zero-order valence-corrected chi connectivity index (χ0v) is 14.0. The first-order chi connectivity index (χ1) is 12.1. The Morgan fingerprint density at radius 2 is 2.08 bits per heavy atom. The highest BCUT2D eigenvalue weighted by molar-refractivity contribution is 6.33. The van der Waals surface area contributed by atoms with Crippen molar-refractivity contribution < 1.29 is 9.32 Å². The number of anilines is 1. The van der Waals surface area contributed by atoms with Crippen molar-refractivity contribution in [3.8, 4) is 11.3 Å². The van der Waals surface area contributed by atoms with Gasteiger partial charge in [0.2, 0.25) is 0 Å². The van der Waals surface area contributed by atoms with Crippen molar-refractivity contribution in [2.45, 2.75) is 6.92 Å². The van der Waals surface area contributed by atoms with Crippen LogP contribution in [0.1, 0.15) is 16.1 Å². The van der Waals surface area contributed by atoms with E-state index in [4.69, 9.17) is 16.1 Å². The van der Waals surface area contributed by atoms with E-state index in [2.05, 4.69) is 20.7 Å².